The minimum absolute atomic E-state index is 0.0136. The number of benzene rings is 1. The van der Waals surface area contributed by atoms with Gasteiger partial charge in [0, 0.05) is 43.0 Å². The molecule has 128 valence electrons. The highest BCUT2D eigenvalue weighted by molar-refractivity contribution is 5.84. The molecule has 0 radical (unpaired) electrons. The molecule has 1 amide bonds. The van der Waals surface area contributed by atoms with Gasteiger partial charge in [0.25, 0.3) is 5.91 Å². The van der Waals surface area contributed by atoms with Gasteiger partial charge < -0.3 is 19.2 Å². The monoisotopic (exact) mass is 329 g/mol. The zero-order chi connectivity index (χ0) is 16.5. The van der Waals surface area contributed by atoms with Crippen molar-refractivity contribution in [1.29, 1.82) is 0 Å². The standard InChI is InChI=1S/C19H23NO4/c21-11-13-7-8-20(10-13)19(22)12-23-14-5-6-18-16(9-14)15-3-1-2-4-17(15)24-18/h5-6,9,13,21H,1-4,7-8,10-12H2. The molecule has 1 fully saturated rings. The number of carbonyl (C=O) groups is 1. The fraction of sp³-hybridized carbons (Fsp3) is 0.526. The van der Waals surface area contributed by atoms with Gasteiger partial charge in [0.15, 0.2) is 6.61 Å². The molecule has 2 heterocycles. The van der Waals surface area contributed by atoms with Crippen molar-refractivity contribution in [3.63, 3.8) is 0 Å². The summed E-state index contributed by atoms with van der Waals surface area (Å²) in [6.07, 6.45) is 5.33. The molecule has 1 atom stereocenters. The van der Waals surface area contributed by atoms with Gasteiger partial charge in [-0.2, -0.15) is 0 Å². The predicted molar refractivity (Wildman–Crippen MR) is 90.1 cm³/mol. The summed E-state index contributed by atoms with van der Waals surface area (Å²) in [5, 5.41) is 10.3. The molecule has 4 rings (SSSR count). The van der Waals surface area contributed by atoms with Gasteiger partial charge in [-0.25, -0.2) is 0 Å². The normalized spacial score (nSPS) is 20.4. The first-order valence-corrected chi connectivity index (χ1v) is 8.80. The summed E-state index contributed by atoms with van der Waals surface area (Å²) in [6, 6.07) is 5.80. The van der Waals surface area contributed by atoms with E-state index in [-0.39, 0.29) is 25.0 Å². The molecule has 2 aliphatic rings. The number of hydrogen-bond donors (Lipinski definition) is 1. The molecule has 1 N–H and O–H groups in total. The van der Waals surface area contributed by atoms with Gasteiger partial charge in [-0.1, -0.05) is 0 Å². The topological polar surface area (TPSA) is 62.9 Å². The van der Waals surface area contributed by atoms with Gasteiger partial charge in [-0.05, 0) is 43.9 Å². The molecule has 24 heavy (non-hydrogen) atoms. The number of fused-ring (bicyclic) bond motifs is 3. The molecule has 2 aromatic rings. The Labute approximate surface area is 141 Å². The van der Waals surface area contributed by atoms with Crippen molar-refractivity contribution >= 4 is 16.9 Å². The van der Waals surface area contributed by atoms with E-state index in [2.05, 4.69) is 0 Å². The maximum Gasteiger partial charge on any atom is 0.260 e. The van der Waals surface area contributed by atoms with E-state index in [1.165, 1.54) is 18.4 Å². The number of hydrogen-bond acceptors (Lipinski definition) is 4. The average molecular weight is 329 g/mol. The maximum atomic E-state index is 12.2. The summed E-state index contributed by atoms with van der Waals surface area (Å²) in [5.41, 5.74) is 2.21. The van der Waals surface area contributed by atoms with Gasteiger partial charge in [0.2, 0.25) is 0 Å². The number of aliphatic hydroxyl groups is 1. The second-order valence-corrected chi connectivity index (χ2v) is 6.83. The number of nitrogens with zero attached hydrogens (tertiary/aromatic N) is 1. The lowest BCUT2D eigenvalue weighted by molar-refractivity contribution is -0.132. The highest BCUT2D eigenvalue weighted by Gasteiger charge is 2.26. The zero-order valence-electron chi connectivity index (χ0n) is 13.8. The van der Waals surface area contributed by atoms with E-state index in [0.717, 1.165) is 36.0 Å². The molecular formula is C19H23NO4. The third-order valence-corrected chi connectivity index (χ3v) is 5.19. The van der Waals surface area contributed by atoms with E-state index >= 15 is 0 Å². The lowest BCUT2D eigenvalue weighted by Crippen LogP contribution is -2.33. The average Bonchev–Trinajstić information content (AvgIpc) is 3.24. The molecule has 1 aliphatic heterocycles. The fourth-order valence-corrected chi connectivity index (χ4v) is 3.78. The fourth-order valence-electron chi connectivity index (χ4n) is 3.78. The van der Waals surface area contributed by atoms with Crippen LogP contribution in [0.5, 0.6) is 5.75 Å². The second kappa shape index (κ2) is 6.48. The van der Waals surface area contributed by atoms with Crippen LogP contribution in [-0.2, 0) is 17.6 Å². The summed E-state index contributed by atoms with van der Waals surface area (Å²) in [6.45, 7) is 1.53. The van der Waals surface area contributed by atoms with Crippen LogP contribution < -0.4 is 4.74 Å². The smallest absolute Gasteiger partial charge is 0.260 e. The van der Waals surface area contributed by atoms with Crippen LogP contribution in [0, 0.1) is 5.92 Å². The first-order chi connectivity index (χ1) is 11.7. The number of amides is 1. The molecule has 5 heteroatoms. The van der Waals surface area contributed by atoms with Crippen molar-refractivity contribution in [1.82, 2.24) is 4.90 Å². The summed E-state index contributed by atoms with van der Waals surface area (Å²) >= 11 is 0. The Balaban J connectivity index is 1.44. The summed E-state index contributed by atoms with van der Waals surface area (Å²) < 4.78 is 11.6. The highest BCUT2D eigenvalue weighted by Crippen LogP contribution is 2.33. The molecule has 0 saturated carbocycles. The quantitative estimate of drug-likeness (QED) is 0.936. The number of aryl methyl sites for hydroxylation is 2. The van der Waals surface area contributed by atoms with Gasteiger partial charge in [0.05, 0.1) is 0 Å². The van der Waals surface area contributed by atoms with E-state index in [1.54, 1.807) is 4.90 Å². The van der Waals surface area contributed by atoms with Gasteiger partial charge in [-0.15, -0.1) is 0 Å². The van der Waals surface area contributed by atoms with Gasteiger partial charge in [0.1, 0.15) is 17.1 Å². The molecule has 1 aromatic heterocycles. The summed E-state index contributed by atoms with van der Waals surface area (Å²) in [5.74, 6) is 2.02. The summed E-state index contributed by atoms with van der Waals surface area (Å²) in [7, 11) is 0. The summed E-state index contributed by atoms with van der Waals surface area (Å²) in [4.78, 5) is 14.0. The first kappa shape index (κ1) is 15.5. The third-order valence-electron chi connectivity index (χ3n) is 5.19. The molecule has 1 aromatic carbocycles. The van der Waals surface area contributed by atoms with Crippen LogP contribution in [0.15, 0.2) is 22.6 Å². The Morgan fingerprint density at radius 1 is 1.33 bits per heavy atom. The minimum atomic E-state index is -0.0136. The Kier molecular flexibility index (Phi) is 4.19. The van der Waals surface area contributed by atoms with Crippen LogP contribution in [-0.4, -0.2) is 42.2 Å². The number of furan rings is 1. The minimum Gasteiger partial charge on any atom is -0.484 e. The van der Waals surface area contributed by atoms with Crippen LogP contribution >= 0.6 is 0 Å². The van der Waals surface area contributed by atoms with Crippen molar-refractivity contribution in [2.75, 3.05) is 26.3 Å². The Morgan fingerprint density at radius 2 is 2.21 bits per heavy atom. The van der Waals surface area contributed by atoms with Crippen LogP contribution in [0.4, 0.5) is 0 Å². The Bertz CT molecular complexity index is 751. The van der Waals surface area contributed by atoms with Crippen LogP contribution in [0.1, 0.15) is 30.6 Å². The Morgan fingerprint density at radius 3 is 3.04 bits per heavy atom. The second-order valence-electron chi connectivity index (χ2n) is 6.83. The van der Waals surface area contributed by atoms with Crippen molar-refractivity contribution in [2.45, 2.75) is 32.1 Å². The maximum absolute atomic E-state index is 12.2. The molecule has 1 saturated heterocycles. The first-order valence-electron chi connectivity index (χ1n) is 8.80. The molecular weight excluding hydrogens is 306 g/mol. The SMILES string of the molecule is O=C(COc1ccc2oc3c(c2c1)CCCC3)N1CCC(CO)C1. The molecule has 1 unspecified atom stereocenters. The Hall–Kier alpha value is -2.01. The number of ether oxygens (including phenoxy) is 1. The van der Waals surface area contributed by atoms with Crippen molar-refractivity contribution in [3.8, 4) is 5.75 Å². The number of likely N-dealkylation sites (tertiary alicyclic amines) is 1. The highest BCUT2D eigenvalue weighted by atomic mass is 16.5. The van der Waals surface area contributed by atoms with Crippen molar-refractivity contribution in [2.24, 2.45) is 5.92 Å². The van der Waals surface area contributed by atoms with E-state index in [1.807, 2.05) is 18.2 Å². The van der Waals surface area contributed by atoms with Crippen LogP contribution in [0.3, 0.4) is 0 Å². The van der Waals surface area contributed by atoms with E-state index in [9.17, 15) is 9.90 Å². The molecule has 0 spiro atoms. The molecule has 5 nitrogen and oxygen atoms in total. The van der Waals surface area contributed by atoms with E-state index in [0.29, 0.717) is 18.8 Å². The van der Waals surface area contributed by atoms with Crippen LogP contribution in [0.2, 0.25) is 0 Å². The van der Waals surface area contributed by atoms with Crippen LogP contribution in [0.25, 0.3) is 11.0 Å². The molecule has 0 bridgehead atoms. The lowest BCUT2D eigenvalue weighted by atomic mass is 9.96. The van der Waals surface area contributed by atoms with E-state index in [4.69, 9.17) is 9.15 Å². The number of carbonyl (C=O) groups excluding carboxylic acids is 1. The third kappa shape index (κ3) is 2.88. The predicted octanol–water partition coefficient (Wildman–Crippen LogP) is 2.53. The van der Waals surface area contributed by atoms with Crippen molar-refractivity contribution in [3.05, 3.63) is 29.5 Å². The lowest BCUT2D eigenvalue weighted by Gasteiger charge is -2.16. The van der Waals surface area contributed by atoms with Gasteiger partial charge in [-0.3, -0.25) is 4.79 Å². The number of rotatable bonds is 4. The zero-order valence-corrected chi connectivity index (χ0v) is 13.8. The van der Waals surface area contributed by atoms with Gasteiger partial charge >= 0.3 is 0 Å². The van der Waals surface area contributed by atoms with E-state index < -0.39 is 0 Å². The largest absolute Gasteiger partial charge is 0.484 e. The van der Waals surface area contributed by atoms with Crippen molar-refractivity contribution < 1.29 is 19.1 Å². The molecule has 1 aliphatic carbocycles. The number of aliphatic hydroxyl groups excluding tert-OH is 1.